The first-order valence-electron chi connectivity index (χ1n) is 9.83. The van der Waals surface area contributed by atoms with E-state index in [0.29, 0.717) is 18.4 Å². The average molecular weight is 488 g/mol. The zero-order valence-corrected chi connectivity index (χ0v) is 19.9. The van der Waals surface area contributed by atoms with Gasteiger partial charge in [0.1, 0.15) is 5.75 Å². The Morgan fingerprint density at radius 1 is 1.33 bits per heavy atom. The van der Waals surface area contributed by atoms with Crippen molar-refractivity contribution in [3.8, 4) is 5.75 Å². The summed E-state index contributed by atoms with van der Waals surface area (Å²) >= 11 is 0. The number of nitrogens with zero attached hydrogens (tertiary/aromatic N) is 2. The van der Waals surface area contributed by atoms with Crippen molar-refractivity contribution < 1.29 is 4.74 Å². The molecule has 0 amide bonds. The summed E-state index contributed by atoms with van der Waals surface area (Å²) < 4.78 is 6.04. The van der Waals surface area contributed by atoms with Crippen LogP contribution in [0.5, 0.6) is 5.75 Å². The minimum absolute atomic E-state index is 0. The topological polar surface area (TPSA) is 48.9 Å². The van der Waals surface area contributed by atoms with Crippen molar-refractivity contribution in [1.29, 1.82) is 0 Å². The molecule has 27 heavy (non-hydrogen) atoms. The fourth-order valence-electron chi connectivity index (χ4n) is 3.18. The lowest BCUT2D eigenvalue weighted by atomic mass is 10.1. The van der Waals surface area contributed by atoms with Crippen LogP contribution in [0.3, 0.4) is 0 Å². The molecular weight excluding hydrogens is 451 g/mol. The number of hydrogen-bond donors (Lipinski definition) is 2. The molecule has 0 spiro atoms. The minimum atomic E-state index is 0. The van der Waals surface area contributed by atoms with Gasteiger partial charge in [0.2, 0.25) is 0 Å². The van der Waals surface area contributed by atoms with Crippen molar-refractivity contribution in [2.45, 2.75) is 40.2 Å². The van der Waals surface area contributed by atoms with Crippen molar-refractivity contribution >= 4 is 29.9 Å². The van der Waals surface area contributed by atoms with Crippen LogP contribution < -0.4 is 15.4 Å². The first-order valence-corrected chi connectivity index (χ1v) is 9.83. The summed E-state index contributed by atoms with van der Waals surface area (Å²) in [6, 6.07) is 6.41. The van der Waals surface area contributed by atoms with Gasteiger partial charge in [0.15, 0.2) is 5.96 Å². The second kappa shape index (κ2) is 12.4. The van der Waals surface area contributed by atoms with Crippen LogP contribution in [-0.2, 0) is 6.54 Å². The number of hydrogen-bond acceptors (Lipinski definition) is 3. The Morgan fingerprint density at radius 2 is 2.11 bits per heavy atom. The number of aliphatic imine (C=N–C) groups is 1. The van der Waals surface area contributed by atoms with E-state index in [2.05, 4.69) is 66.5 Å². The Kier molecular flexibility index (Phi) is 11.1. The molecule has 154 valence electrons. The Bertz CT molecular complexity index is 592. The molecule has 0 radical (unpaired) electrons. The van der Waals surface area contributed by atoms with Crippen LogP contribution in [0.4, 0.5) is 0 Å². The van der Waals surface area contributed by atoms with Gasteiger partial charge < -0.3 is 20.3 Å². The number of nitrogens with one attached hydrogen (secondary N) is 2. The fraction of sp³-hybridized carbons (Fsp3) is 0.667. The lowest BCUT2D eigenvalue weighted by molar-refractivity contribution is 0.286. The van der Waals surface area contributed by atoms with Crippen LogP contribution in [0.25, 0.3) is 0 Å². The van der Waals surface area contributed by atoms with Gasteiger partial charge in [-0.2, -0.15) is 0 Å². The zero-order chi connectivity index (χ0) is 18.9. The summed E-state index contributed by atoms with van der Waals surface area (Å²) in [6.45, 7) is 11.3. The molecule has 1 saturated heterocycles. The van der Waals surface area contributed by atoms with Crippen LogP contribution in [0.2, 0.25) is 0 Å². The summed E-state index contributed by atoms with van der Waals surface area (Å²) in [6.07, 6.45) is 2.33. The molecule has 1 atom stereocenters. The summed E-state index contributed by atoms with van der Waals surface area (Å²) in [4.78, 5) is 6.74. The number of rotatable bonds is 8. The van der Waals surface area contributed by atoms with Gasteiger partial charge in [0.25, 0.3) is 0 Å². The molecule has 0 saturated carbocycles. The van der Waals surface area contributed by atoms with Crippen LogP contribution in [0, 0.1) is 18.8 Å². The van der Waals surface area contributed by atoms with Gasteiger partial charge in [0.05, 0.1) is 6.61 Å². The van der Waals surface area contributed by atoms with Gasteiger partial charge >= 0.3 is 0 Å². The number of benzene rings is 1. The van der Waals surface area contributed by atoms with Gasteiger partial charge in [-0.15, -0.1) is 24.0 Å². The highest BCUT2D eigenvalue weighted by atomic mass is 127. The molecule has 2 rings (SSSR count). The number of ether oxygens (including phenoxy) is 1. The first-order chi connectivity index (χ1) is 12.5. The normalized spacial score (nSPS) is 17.7. The second-order valence-electron chi connectivity index (χ2n) is 7.87. The Labute approximate surface area is 182 Å². The zero-order valence-electron chi connectivity index (χ0n) is 17.5. The Balaban J connectivity index is 0.00000364. The lowest BCUT2D eigenvalue weighted by Crippen LogP contribution is -2.39. The molecule has 1 aromatic rings. The minimum Gasteiger partial charge on any atom is -0.493 e. The quantitative estimate of drug-likeness (QED) is 0.333. The molecule has 0 aromatic heterocycles. The molecule has 1 aliphatic rings. The van der Waals surface area contributed by atoms with Crippen molar-refractivity contribution in [2.24, 2.45) is 16.8 Å². The van der Waals surface area contributed by atoms with Gasteiger partial charge in [0, 0.05) is 32.2 Å². The second-order valence-corrected chi connectivity index (χ2v) is 7.87. The van der Waals surface area contributed by atoms with E-state index in [1.165, 1.54) is 24.1 Å². The van der Waals surface area contributed by atoms with E-state index >= 15 is 0 Å². The van der Waals surface area contributed by atoms with Crippen molar-refractivity contribution in [3.63, 3.8) is 0 Å². The summed E-state index contributed by atoms with van der Waals surface area (Å²) in [5, 5.41) is 6.89. The average Bonchev–Trinajstić information content (AvgIpc) is 3.01. The predicted molar refractivity (Wildman–Crippen MR) is 125 cm³/mol. The maximum atomic E-state index is 6.04. The fourth-order valence-corrected chi connectivity index (χ4v) is 3.18. The van der Waals surface area contributed by atoms with Crippen LogP contribution in [0.1, 0.15) is 37.8 Å². The van der Waals surface area contributed by atoms with Crippen molar-refractivity contribution in [3.05, 3.63) is 29.3 Å². The molecule has 0 aliphatic carbocycles. The maximum Gasteiger partial charge on any atom is 0.191 e. The molecule has 1 fully saturated rings. The molecule has 5 nitrogen and oxygen atoms in total. The van der Waals surface area contributed by atoms with Crippen LogP contribution in [-0.4, -0.2) is 51.2 Å². The number of guanidine groups is 1. The molecule has 2 N–H and O–H groups in total. The molecule has 1 unspecified atom stereocenters. The van der Waals surface area contributed by atoms with Crippen molar-refractivity contribution in [1.82, 2.24) is 15.5 Å². The highest BCUT2D eigenvalue weighted by Gasteiger charge is 2.19. The van der Waals surface area contributed by atoms with E-state index in [9.17, 15) is 0 Å². The number of halogens is 1. The number of likely N-dealkylation sites (tertiary alicyclic amines) is 1. The van der Waals surface area contributed by atoms with E-state index in [1.807, 2.05) is 7.05 Å². The lowest BCUT2D eigenvalue weighted by Gasteiger charge is -2.17. The standard InChI is InChI=1S/C21H36N4O.HI/c1-16(2)9-11-26-20-12-17(3)6-7-19(20)14-24-21(22-4)23-13-18-8-10-25(5)15-18;/h6-7,12,16,18H,8-11,13-15H2,1-5H3,(H2,22,23,24);1H. The smallest absolute Gasteiger partial charge is 0.191 e. The van der Waals surface area contributed by atoms with E-state index in [1.54, 1.807) is 0 Å². The largest absolute Gasteiger partial charge is 0.493 e. The van der Waals surface area contributed by atoms with E-state index < -0.39 is 0 Å². The molecule has 1 aliphatic heterocycles. The molecule has 1 heterocycles. The van der Waals surface area contributed by atoms with Crippen molar-refractivity contribution in [2.75, 3.05) is 40.3 Å². The Hall–Kier alpha value is -1.02. The molecule has 0 bridgehead atoms. The monoisotopic (exact) mass is 488 g/mol. The van der Waals surface area contributed by atoms with Crippen LogP contribution >= 0.6 is 24.0 Å². The van der Waals surface area contributed by atoms with E-state index in [4.69, 9.17) is 4.74 Å². The maximum absolute atomic E-state index is 6.04. The highest BCUT2D eigenvalue weighted by molar-refractivity contribution is 14.0. The van der Waals surface area contributed by atoms with Gasteiger partial charge in [-0.1, -0.05) is 26.0 Å². The molecule has 1 aromatic carbocycles. The highest BCUT2D eigenvalue weighted by Crippen LogP contribution is 2.21. The molecule has 6 heteroatoms. The van der Waals surface area contributed by atoms with Crippen LogP contribution in [0.15, 0.2) is 23.2 Å². The Morgan fingerprint density at radius 3 is 2.74 bits per heavy atom. The third kappa shape index (κ3) is 8.68. The van der Waals surface area contributed by atoms with Gasteiger partial charge in [-0.3, -0.25) is 4.99 Å². The number of aryl methyl sites for hydroxylation is 1. The van der Waals surface area contributed by atoms with E-state index in [-0.39, 0.29) is 24.0 Å². The van der Waals surface area contributed by atoms with Gasteiger partial charge in [-0.25, -0.2) is 0 Å². The SMILES string of the molecule is CN=C(NCc1ccc(C)cc1OCCC(C)C)NCC1CCN(C)C1.I. The summed E-state index contributed by atoms with van der Waals surface area (Å²) in [5.41, 5.74) is 2.39. The predicted octanol–water partition coefficient (Wildman–Crippen LogP) is 3.65. The van der Waals surface area contributed by atoms with E-state index in [0.717, 1.165) is 37.8 Å². The first kappa shape index (κ1) is 24.0. The third-order valence-electron chi connectivity index (χ3n) is 4.89. The third-order valence-corrected chi connectivity index (χ3v) is 4.89. The summed E-state index contributed by atoms with van der Waals surface area (Å²) in [7, 11) is 4.01. The molecular formula is C21H37IN4O. The van der Waals surface area contributed by atoms with Gasteiger partial charge in [-0.05, 0) is 56.8 Å². The summed E-state index contributed by atoms with van der Waals surface area (Å²) in [5.74, 6) is 3.19.